The highest BCUT2D eigenvalue weighted by atomic mass is 16.5. The maximum Gasteiger partial charge on any atom is 0.256 e. The normalized spacial score (nSPS) is 20.6. The van der Waals surface area contributed by atoms with Gasteiger partial charge >= 0.3 is 0 Å². The number of methoxy groups -OCH3 is 2. The number of benzene rings is 1. The predicted molar refractivity (Wildman–Crippen MR) is 112 cm³/mol. The minimum Gasteiger partial charge on any atom is -0.493 e. The number of aryl methyl sites for hydroxylation is 1. The number of nitrogens with one attached hydrogen (secondary N) is 1. The van der Waals surface area contributed by atoms with E-state index in [0.29, 0.717) is 22.7 Å². The third-order valence-electron chi connectivity index (χ3n) is 5.94. The smallest absolute Gasteiger partial charge is 0.256 e. The van der Waals surface area contributed by atoms with Gasteiger partial charge in [-0.2, -0.15) is 5.10 Å². The Kier molecular flexibility index (Phi) is 5.65. The minimum absolute atomic E-state index is 0.0921. The van der Waals surface area contributed by atoms with E-state index in [0.717, 1.165) is 44.3 Å². The Balaban J connectivity index is 1.57. The Morgan fingerprint density at radius 1 is 1.10 bits per heavy atom. The standard InChI is InChI=1S/C22H28N4O4/c1-25-13-14(12-23-25)15-9-16(15)21(27)24-18-11-20(30-3)19(29-2)10-17(18)22(28)26-7-5-4-6-8-26/h10-13,15-16H,4-9H2,1-3H3,(H,24,27)/t15-,16-/m1/s1. The topological polar surface area (TPSA) is 85.7 Å². The van der Waals surface area contributed by atoms with E-state index in [4.69, 9.17) is 9.47 Å². The molecule has 2 atom stereocenters. The second-order valence-corrected chi connectivity index (χ2v) is 7.99. The zero-order chi connectivity index (χ0) is 21.3. The van der Waals surface area contributed by atoms with Crippen LogP contribution in [-0.2, 0) is 11.8 Å². The lowest BCUT2D eigenvalue weighted by atomic mass is 10.1. The predicted octanol–water partition coefficient (Wildman–Crippen LogP) is 2.81. The first kappa shape index (κ1) is 20.3. The summed E-state index contributed by atoms with van der Waals surface area (Å²) in [5.41, 5.74) is 1.96. The van der Waals surface area contributed by atoms with Gasteiger partial charge in [0.1, 0.15) is 0 Å². The van der Waals surface area contributed by atoms with E-state index in [1.165, 1.54) is 14.2 Å². The van der Waals surface area contributed by atoms with Gasteiger partial charge in [-0.25, -0.2) is 0 Å². The van der Waals surface area contributed by atoms with Gasteiger partial charge in [0, 0.05) is 38.3 Å². The lowest BCUT2D eigenvalue weighted by molar-refractivity contribution is -0.117. The fourth-order valence-corrected chi connectivity index (χ4v) is 4.14. The van der Waals surface area contributed by atoms with Crippen molar-refractivity contribution in [1.29, 1.82) is 0 Å². The van der Waals surface area contributed by atoms with Gasteiger partial charge in [0.05, 0.1) is 31.7 Å². The number of likely N-dealkylation sites (tertiary alicyclic amines) is 1. The van der Waals surface area contributed by atoms with Gasteiger partial charge in [-0.3, -0.25) is 14.3 Å². The van der Waals surface area contributed by atoms with Crippen molar-refractivity contribution >= 4 is 17.5 Å². The number of piperidine rings is 1. The molecule has 1 aromatic carbocycles. The third kappa shape index (κ3) is 3.99. The summed E-state index contributed by atoms with van der Waals surface area (Å²) in [6.45, 7) is 1.46. The van der Waals surface area contributed by atoms with Crippen molar-refractivity contribution < 1.29 is 19.1 Å². The molecule has 0 radical (unpaired) electrons. The van der Waals surface area contributed by atoms with Gasteiger partial charge in [-0.05, 0) is 43.2 Å². The largest absolute Gasteiger partial charge is 0.493 e. The van der Waals surface area contributed by atoms with Crippen molar-refractivity contribution in [2.75, 3.05) is 32.6 Å². The first-order valence-electron chi connectivity index (χ1n) is 10.4. The zero-order valence-corrected chi connectivity index (χ0v) is 17.7. The monoisotopic (exact) mass is 412 g/mol. The second-order valence-electron chi connectivity index (χ2n) is 7.99. The molecule has 1 saturated heterocycles. The molecule has 2 amide bonds. The number of carbonyl (C=O) groups is 2. The molecule has 2 aliphatic rings. The first-order chi connectivity index (χ1) is 14.5. The van der Waals surface area contributed by atoms with E-state index < -0.39 is 0 Å². The molecule has 8 nitrogen and oxygen atoms in total. The van der Waals surface area contributed by atoms with Crippen LogP contribution in [0, 0.1) is 5.92 Å². The van der Waals surface area contributed by atoms with E-state index >= 15 is 0 Å². The van der Waals surface area contributed by atoms with Crippen LogP contribution in [0.2, 0.25) is 0 Å². The molecular weight excluding hydrogens is 384 g/mol. The summed E-state index contributed by atoms with van der Waals surface area (Å²) in [6, 6.07) is 3.34. The van der Waals surface area contributed by atoms with Crippen LogP contribution in [0.15, 0.2) is 24.5 Å². The van der Waals surface area contributed by atoms with Crippen LogP contribution in [0.25, 0.3) is 0 Å². The molecule has 1 N–H and O–H groups in total. The Bertz CT molecular complexity index is 949. The number of hydrogen-bond acceptors (Lipinski definition) is 5. The fraction of sp³-hybridized carbons (Fsp3) is 0.500. The Morgan fingerprint density at radius 3 is 2.43 bits per heavy atom. The Labute approximate surface area is 176 Å². The number of hydrogen-bond donors (Lipinski definition) is 1. The van der Waals surface area contributed by atoms with Gasteiger partial charge in [0.25, 0.3) is 5.91 Å². The summed E-state index contributed by atoms with van der Waals surface area (Å²) < 4.78 is 12.5. The summed E-state index contributed by atoms with van der Waals surface area (Å²) in [5.74, 6) is 0.799. The molecule has 1 aromatic heterocycles. The number of carbonyl (C=O) groups excluding carboxylic acids is 2. The minimum atomic E-state index is -0.125. The zero-order valence-electron chi connectivity index (χ0n) is 17.7. The number of ether oxygens (including phenoxy) is 2. The quantitative estimate of drug-likeness (QED) is 0.789. The molecule has 1 aliphatic carbocycles. The Morgan fingerprint density at radius 2 is 1.80 bits per heavy atom. The maximum atomic E-state index is 13.2. The summed E-state index contributed by atoms with van der Waals surface area (Å²) in [5, 5.41) is 7.17. The van der Waals surface area contributed by atoms with Crippen LogP contribution in [-0.4, -0.2) is 53.8 Å². The molecule has 1 aliphatic heterocycles. The molecule has 0 unspecified atom stereocenters. The van der Waals surface area contributed by atoms with Gasteiger partial charge in [0.2, 0.25) is 5.91 Å². The van der Waals surface area contributed by atoms with Crippen molar-refractivity contribution in [3.8, 4) is 11.5 Å². The second kappa shape index (κ2) is 8.38. The fourth-order valence-electron chi connectivity index (χ4n) is 4.14. The van der Waals surface area contributed by atoms with E-state index in [9.17, 15) is 9.59 Å². The van der Waals surface area contributed by atoms with Crippen LogP contribution >= 0.6 is 0 Å². The van der Waals surface area contributed by atoms with Crippen LogP contribution in [0.4, 0.5) is 5.69 Å². The summed E-state index contributed by atoms with van der Waals surface area (Å²) >= 11 is 0. The molecule has 2 heterocycles. The SMILES string of the molecule is COc1cc(NC(=O)[C@@H]2C[C@@H]2c2cnn(C)c2)c(C(=O)N2CCCCC2)cc1OC. The lowest BCUT2D eigenvalue weighted by Gasteiger charge is -2.28. The number of amides is 2. The van der Waals surface area contributed by atoms with E-state index in [1.54, 1.807) is 23.0 Å². The van der Waals surface area contributed by atoms with Crippen molar-refractivity contribution in [3.05, 3.63) is 35.7 Å². The van der Waals surface area contributed by atoms with E-state index in [-0.39, 0.29) is 23.7 Å². The van der Waals surface area contributed by atoms with Crippen LogP contribution in [0.1, 0.15) is 47.5 Å². The van der Waals surface area contributed by atoms with E-state index in [2.05, 4.69) is 10.4 Å². The van der Waals surface area contributed by atoms with Gasteiger partial charge in [-0.15, -0.1) is 0 Å². The first-order valence-corrected chi connectivity index (χ1v) is 10.4. The average molecular weight is 412 g/mol. The molecule has 0 spiro atoms. The maximum absolute atomic E-state index is 13.2. The molecule has 8 heteroatoms. The van der Waals surface area contributed by atoms with Crippen molar-refractivity contribution in [2.24, 2.45) is 13.0 Å². The van der Waals surface area contributed by atoms with E-state index in [1.807, 2.05) is 18.1 Å². The number of nitrogens with zero attached hydrogens (tertiary/aromatic N) is 3. The molecule has 30 heavy (non-hydrogen) atoms. The summed E-state index contributed by atoms with van der Waals surface area (Å²) in [7, 11) is 4.94. The lowest BCUT2D eigenvalue weighted by Crippen LogP contribution is -2.36. The van der Waals surface area contributed by atoms with Crippen molar-refractivity contribution in [2.45, 2.75) is 31.6 Å². The van der Waals surface area contributed by atoms with Crippen LogP contribution in [0.5, 0.6) is 11.5 Å². The molecule has 1 saturated carbocycles. The number of aromatic nitrogens is 2. The molecular formula is C22H28N4O4. The molecule has 4 rings (SSSR count). The molecule has 2 fully saturated rings. The number of anilines is 1. The van der Waals surface area contributed by atoms with Gasteiger partial charge in [0.15, 0.2) is 11.5 Å². The van der Waals surface area contributed by atoms with Gasteiger partial charge in [-0.1, -0.05) is 0 Å². The van der Waals surface area contributed by atoms with Crippen molar-refractivity contribution in [1.82, 2.24) is 14.7 Å². The highest BCUT2D eigenvalue weighted by molar-refractivity contribution is 6.05. The molecule has 160 valence electrons. The summed E-state index contributed by atoms with van der Waals surface area (Å²) in [4.78, 5) is 28.0. The summed E-state index contributed by atoms with van der Waals surface area (Å²) in [6.07, 6.45) is 7.65. The molecule has 0 bridgehead atoms. The highest BCUT2D eigenvalue weighted by Gasteiger charge is 2.45. The Hall–Kier alpha value is -3.03. The van der Waals surface area contributed by atoms with Crippen LogP contribution < -0.4 is 14.8 Å². The number of rotatable bonds is 6. The molecule has 2 aromatic rings. The average Bonchev–Trinajstić information content (AvgIpc) is 3.47. The van der Waals surface area contributed by atoms with Gasteiger partial charge < -0.3 is 19.7 Å². The third-order valence-corrected chi connectivity index (χ3v) is 5.94. The highest BCUT2D eigenvalue weighted by Crippen LogP contribution is 2.48. The van der Waals surface area contributed by atoms with Crippen molar-refractivity contribution in [3.63, 3.8) is 0 Å². The van der Waals surface area contributed by atoms with Crippen LogP contribution in [0.3, 0.4) is 0 Å².